The fraction of sp³-hybridized carbons (Fsp3) is 0.0500. The molecule has 4 rings (SSSR count). The van der Waals surface area contributed by atoms with Crippen molar-refractivity contribution < 1.29 is 4.79 Å². The Morgan fingerprint density at radius 2 is 2.04 bits per heavy atom. The average Bonchev–Trinajstić information content (AvgIpc) is 3.02. The Hall–Kier alpha value is -3.38. The van der Waals surface area contributed by atoms with E-state index in [9.17, 15) is 4.79 Å². The lowest BCUT2D eigenvalue weighted by molar-refractivity contribution is 0.102. The molecule has 27 heavy (non-hydrogen) atoms. The van der Waals surface area contributed by atoms with Crippen LogP contribution in [-0.2, 0) is 0 Å². The van der Waals surface area contributed by atoms with Gasteiger partial charge in [0.15, 0.2) is 0 Å². The Morgan fingerprint density at radius 1 is 1.19 bits per heavy atom. The monoisotopic (exact) mass is 377 g/mol. The van der Waals surface area contributed by atoms with Gasteiger partial charge in [-0.3, -0.25) is 4.79 Å². The van der Waals surface area contributed by atoms with E-state index in [1.54, 1.807) is 18.3 Å². The van der Waals surface area contributed by atoms with Crippen LogP contribution in [0.1, 0.15) is 16.1 Å². The molecule has 0 radical (unpaired) electrons. The second kappa shape index (κ2) is 6.74. The number of nitrogens with one attached hydrogen (secondary N) is 1. The molecule has 3 N–H and O–H groups in total. The molecule has 6 nitrogen and oxygen atoms in total. The molecule has 1 amide bonds. The normalized spacial score (nSPS) is 10.9. The van der Waals surface area contributed by atoms with Crippen molar-refractivity contribution in [2.45, 2.75) is 6.92 Å². The van der Waals surface area contributed by atoms with Crippen molar-refractivity contribution in [2.75, 3.05) is 11.1 Å². The number of benzene rings is 1. The van der Waals surface area contributed by atoms with Crippen LogP contribution >= 0.6 is 11.6 Å². The Kier molecular flexibility index (Phi) is 4.25. The van der Waals surface area contributed by atoms with E-state index >= 15 is 0 Å². The number of pyridine rings is 2. The predicted octanol–water partition coefficient (Wildman–Crippen LogP) is 4.19. The molecule has 0 saturated carbocycles. The summed E-state index contributed by atoms with van der Waals surface area (Å²) < 4.78 is 1.85. The number of nitrogens with zero attached hydrogens (tertiary/aromatic N) is 3. The number of aryl methyl sites for hydroxylation is 1. The summed E-state index contributed by atoms with van der Waals surface area (Å²) in [5.74, 6) is 0.143. The number of fused-ring (bicyclic) bond motifs is 1. The molecule has 0 aliphatic carbocycles. The van der Waals surface area contributed by atoms with E-state index in [-0.39, 0.29) is 5.91 Å². The van der Waals surface area contributed by atoms with Crippen molar-refractivity contribution in [2.24, 2.45) is 0 Å². The molecule has 0 spiro atoms. The second-order valence-electron chi connectivity index (χ2n) is 6.19. The summed E-state index contributed by atoms with van der Waals surface area (Å²) in [7, 11) is 0. The fourth-order valence-corrected chi connectivity index (χ4v) is 3.09. The Morgan fingerprint density at radius 3 is 2.78 bits per heavy atom. The topological polar surface area (TPSA) is 85.3 Å². The van der Waals surface area contributed by atoms with Crippen molar-refractivity contribution >= 4 is 34.7 Å². The molecular weight excluding hydrogens is 362 g/mol. The number of amides is 1. The SMILES string of the molecule is Cc1cn2cc(C(=O)Nc3ccc(N)nc3)cc(-c3cccc(Cl)c3)c2n1. The van der Waals surface area contributed by atoms with Crippen LogP contribution in [0.5, 0.6) is 0 Å². The molecule has 1 aromatic carbocycles. The summed E-state index contributed by atoms with van der Waals surface area (Å²) >= 11 is 6.15. The van der Waals surface area contributed by atoms with Crippen LogP contribution < -0.4 is 11.1 Å². The third-order valence-corrected chi connectivity index (χ3v) is 4.35. The minimum absolute atomic E-state index is 0.252. The third kappa shape index (κ3) is 3.47. The summed E-state index contributed by atoms with van der Waals surface area (Å²) in [5, 5.41) is 3.45. The summed E-state index contributed by atoms with van der Waals surface area (Å²) in [6, 6.07) is 12.6. The molecule has 0 fully saturated rings. The van der Waals surface area contributed by atoms with Crippen molar-refractivity contribution in [1.29, 1.82) is 0 Å². The van der Waals surface area contributed by atoms with E-state index in [1.807, 2.05) is 47.9 Å². The smallest absolute Gasteiger partial charge is 0.257 e. The number of halogens is 1. The highest BCUT2D eigenvalue weighted by molar-refractivity contribution is 6.30. The van der Waals surface area contributed by atoms with Gasteiger partial charge in [-0.15, -0.1) is 0 Å². The highest BCUT2D eigenvalue weighted by Crippen LogP contribution is 2.28. The lowest BCUT2D eigenvalue weighted by atomic mass is 10.0. The number of aromatic nitrogens is 3. The molecule has 0 aliphatic heterocycles. The van der Waals surface area contributed by atoms with Gasteiger partial charge in [0.2, 0.25) is 0 Å². The van der Waals surface area contributed by atoms with Gasteiger partial charge in [-0.25, -0.2) is 9.97 Å². The second-order valence-corrected chi connectivity index (χ2v) is 6.63. The molecule has 7 heteroatoms. The maximum absolute atomic E-state index is 12.8. The molecule has 3 heterocycles. The van der Waals surface area contributed by atoms with Crippen LogP contribution in [0.25, 0.3) is 16.8 Å². The van der Waals surface area contributed by atoms with Gasteiger partial charge in [-0.2, -0.15) is 0 Å². The highest BCUT2D eigenvalue weighted by Gasteiger charge is 2.14. The van der Waals surface area contributed by atoms with Crippen LogP contribution in [0.2, 0.25) is 5.02 Å². The third-order valence-electron chi connectivity index (χ3n) is 4.11. The predicted molar refractivity (Wildman–Crippen MR) is 107 cm³/mol. The standard InChI is InChI=1S/C20H16ClN5O/c1-12-10-26-11-14(20(27)25-16-5-6-18(22)23-9-16)8-17(19(26)24-12)13-3-2-4-15(21)7-13/h2-11H,1H3,(H2,22,23)(H,25,27). The first kappa shape index (κ1) is 17.1. The molecule has 0 unspecified atom stereocenters. The van der Waals surface area contributed by atoms with E-state index in [1.165, 1.54) is 6.20 Å². The van der Waals surface area contributed by atoms with E-state index < -0.39 is 0 Å². The lowest BCUT2D eigenvalue weighted by Crippen LogP contribution is -2.13. The number of nitrogens with two attached hydrogens (primary N) is 1. The van der Waals surface area contributed by atoms with E-state index in [0.717, 1.165) is 22.5 Å². The first-order valence-electron chi connectivity index (χ1n) is 8.28. The molecule has 0 saturated heterocycles. The number of rotatable bonds is 3. The molecule has 0 bridgehead atoms. The van der Waals surface area contributed by atoms with Crippen LogP contribution in [-0.4, -0.2) is 20.3 Å². The van der Waals surface area contributed by atoms with Crippen molar-refractivity contribution in [3.05, 3.63) is 77.3 Å². The van der Waals surface area contributed by atoms with Crippen LogP contribution in [0.15, 0.2) is 61.1 Å². The average molecular weight is 378 g/mol. The summed E-state index contributed by atoms with van der Waals surface area (Å²) in [6.45, 7) is 1.91. The van der Waals surface area contributed by atoms with Crippen LogP contribution in [0.4, 0.5) is 11.5 Å². The Balaban J connectivity index is 1.79. The highest BCUT2D eigenvalue weighted by atomic mass is 35.5. The minimum atomic E-state index is -0.252. The number of hydrogen-bond acceptors (Lipinski definition) is 4. The molecule has 3 aromatic heterocycles. The van der Waals surface area contributed by atoms with Gasteiger partial charge in [0.25, 0.3) is 5.91 Å². The summed E-state index contributed by atoms with van der Waals surface area (Å²) in [6.07, 6.45) is 5.15. The maximum Gasteiger partial charge on any atom is 0.257 e. The number of imidazole rings is 1. The number of hydrogen-bond donors (Lipinski definition) is 2. The Bertz CT molecular complexity index is 1150. The molecule has 134 valence electrons. The largest absolute Gasteiger partial charge is 0.384 e. The van der Waals surface area contributed by atoms with Crippen molar-refractivity contribution in [3.63, 3.8) is 0 Å². The van der Waals surface area contributed by atoms with Gasteiger partial charge in [0.1, 0.15) is 11.5 Å². The zero-order valence-corrected chi connectivity index (χ0v) is 15.2. The summed E-state index contributed by atoms with van der Waals surface area (Å²) in [4.78, 5) is 21.3. The van der Waals surface area contributed by atoms with Crippen molar-refractivity contribution in [3.8, 4) is 11.1 Å². The van der Waals surface area contributed by atoms with Gasteiger partial charge >= 0.3 is 0 Å². The minimum Gasteiger partial charge on any atom is -0.384 e. The number of carbonyl (C=O) groups excluding carboxylic acids is 1. The van der Waals surface area contributed by atoms with E-state index in [0.29, 0.717) is 22.1 Å². The molecule has 0 aliphatic rings. The van der Waals surface area contributed by atoms with E-state index in [2.05, 4.69) is 15.3 Å². The summed E-state index contributed by atoms with van der Waals surface area (Å²) in [5.41, 5.74) is 9.99. The van der Waals surface area contributed by atoms with E-state index in [4.69, 9.17) is 17.3 Å². The Labute approximate surface area is 160 Å². The number of anilines is 2. The van der Waals surface area contributed by atoms with Gasteiger partial charge in [-0.05, 0) is 42.8 Å². The number of carbonyl (C=O) groups is 1. The van der Waals surface area contributed by atoms with Crippen LogP contribution in [0, 0.1) is 6.92 Å². The zero-order valence-electron chi connectivity index (χ0n) is 14.5. The quantitative estimate of drug-likeness (QED) is 0.560. The zero-order chi connectivity index (χ0) is 19.0. The molecule has 4 aromatic rings. The fourth-order valence-electron chi connectivity index (χ4n) is 2.90. The first-order chi connectivity index (χ1) is 13.0. The van der Waals surface area contributed by atoms with Gasteiger partial charge in [0.05, 0.1) is 23.1 Å². The number of nitrogen functional groups attached to an aromatic ring is 1. The molecule has 0 atom stereocenters. The molecular formula is C20H16ClN5O. The first-order valence-corrected chi connectivity index (χ1v) is 8.65. The van der Waals surface area contributed by atoms with Crippen LogP contribution in [0.3, 0.4) is 0 Å². The van der Waals surface area contributed by atoms with Crippen molar-refractivity contribution in [1.82, 2.24) is 14.4 Å². The van der Waals surface area contributed by atoms with Gasteiger partial charge in [0, 0.05) is 23.0 Å². The maximum atomic E-state index is 12.8. The van der Waals surface area contributed by atoms with Gasteiger partial charge < -0.3 is 15.5 Å². The van der Waals surface area contributed by atoms with Gasteiger partial charge in [-0.1, -0.05) is 23.7 Å². The lowest BCUT2D eigenvalue weighted by Gasteiger charge is -2.10.